The van der Waals surface area contributed by atoms with Crippen molar-refractivity contribution in [2.45, 2.75) is 31.8 Å². The molecule has 0 N–H and O–H groups in total. The Morgan fingerprint density at radius 2 is 2.21 bits per heavy atom. The van der Waals surface area contributed by atoms with Crippen molar-refractivity contribution >= 4 is 5.91 Å². The van der Waals surface area contributed by atoms with Gasteiger partial charge in [-0.2, -0.15) is 0 Å². The van der Waals surface area contributed by atoms with Crippen molar-refractivity contribution in [3.05, 3.63) is 30.1 Å². The molecule has 1 aliphatic heterocycles. The molecule has 1 amide bonds. The van der Waals surface area contributed by atoms with Gasteiger partial charge in [0, 0.05) is 24.6 Å². The van der Waals surface area contributed by atoms with Gasteiger partial charge in [0.15, 0.2) is 0 Å². The van der Waals surface area contributed by atoms with Crippen LogP contribution in [0.4, 0.5) is 0 Å². The van der Waals surface area contributed by atoms with Gasteiger partial charge in [0.1, 0.15) is 17.8 Å². The number of aryl methyl sites for hydroxylation is 1. The van der Waals surface area contributed by atoms with E-state index in [1.807, 2.05) is 23.1 Å². The van der Waals surface area contributed by atoms with Gasteiger partial charge >= 0.3 is 0 Å². The Morgan fingerprint density at radius 3 is 2.92 bits per heavy atom. The highest BCUT2D eigenvalue weighted by molar-refractivity contribution is 5.77. The SMILES string of the molecule is COc1ccc([C@H]2CCCN2C(=O)CCn2cnnn2)c(OC)c1. The number of tetrazole rings is 1. The van der Waals surface area contributed by atoms with Crippen LogP contribution in [0.25, 0.3) is 0 Å². The first-order chi connectivity index (χ1) is 11.7. The summed E-state index contributed by atoms with van der Waals surface area (Å²) in [4.78, 5) is 14.6. The lowest BCUT2D eigenvalue weighted by Gasteiger charge is -2.26. The summed E-state index contributed by atoms with van der Waals surface area (Å²) in [6.45, 7) is 1.24. The second-order valence-electron chi connectivity index (χ2n) is 5.68. The van der Waals surface area contributed by atoms with Gasteiger partial charge in [-0.05, 0) is 35.4 Å². The molecular weight excluding hydrogens is 310 g/mol. The first-order valence-corrected chi connectivity index (χ1v) is 7.95. The summed E-state index contributed by atoms with van der Waals surface area (Å²) in [5, 5.41) is 10.9. The number of carbonyl (C=O) groups is 1. The molecule has 2 aromatic rings. The predicted octanol–water partition coefficient (Wildman–Crippen LogP) is 1.44. The lowest BCUT2D eigenvalue weighted by molar-refractivity contribution is -0.132. The number of nitrogens with zero attached hydrogens (tertiary/aromatic N) is 5. The number of hydrogen-bond donors (Lipinski definition) is 0. The third-order valence-electron chi connectivity index (χ3n) is 4.32. The molecule has 0 saturated carbocycles. The van der Waals surface area contributed by atoms with Crippen LogP contribution in [0.1, 0.15) is 30.9 Å². The summed E-state index contributed by atoms with van der Waals surface area (Å²) in [6.07, 6.45) is 3.80. The molecule has 1 aromatic carbocycles. The largest absolute Gasteiger partial charge is 0.497 e. The van der Waals surface area contributed by atoms with Crippen LogP contribution in [-0.2, 0) is 11.3 Å². The van der Waals surface area contributed by atoms with E-state index in [4.69, 9.17) is 9.47 Å². The molecule has 1 saturated heterocycles. The van der Waals surface area contributed by atoms with E-state index in [-0.39, 0.29) is 11.9 Å². The van der Waals surface area contributed by atoms with Crippen molar-refractivity contribution in [1.82, 2.24) is 25.1 Å². The van der Waals surface area contributed by atoms with Crippen LogP contribution in [-0.4, -0.2) is 51.8 Å². The Kier molecular flexibility index (Phi) is 4.93. The molecule has 8 heteroatoms. The molecule has 3 rings (SSSR count). The number of ether oxygens (including phenoxy) is 2. The summed E-state index contributed by atoms with van der Waals surface area (Å²) < 4.78 is 12.3. The molecule has 1 atom stereocenters. The molecule has 1 aromatic heterocycles. The number of rotatable bonds is 6. The Balaban J connectivity index is 1.74. The Morgan fingerprint density at radius 1 is 1.33 bits per heavy atom. The summed E-state index contributed by atoms with van der Waals surface area (Å²) >= 11 is 0. The zero-order valence-electron chi connectivity index (χ0n) is 13.9. The highest BCUT2D eigenvalue weighted by Crippen LogP contribution is 2.38. The number of likely N-dealkylation sites (tertiary alicyclic amines) is 1. The minimum atomic E-state index is 0.0345. The highest BCUT2D eigenvalue weighted by Gasteiger charge is 2.31. The Bertz CT molecular complexity index is 689. The van der Waals surface area contributed by atoms with E-state index in [1.165, 1.54) is 6.33 Å². The van der Waals surface area contributed by atoms with Gasteiger partial charge in [0.2, 0.25) is 5.91 Å². The van der Waals surface area contributed by atoms with E-state index in [2.05, 4.69) is 15.5 Å². The molecule has 128 valence electrons. The van der Waals surface area contributed by atoms with Gasteiger partial charge in [-0.1, -0.05) is 0 Å². The minimum absolute atomic E-state index is 0.0345. The van der Waals surface area contributed by atoms with Crippen molar-refractivity contribution in [2.75, 3.05) is 20.8 Å². The first-order valence-electron chi connectivity index (χ1n) is 7.95. The fourth-order valence-corrected chi connectivity index (χ4v) is 3.12. The van der Waals surface area contributed by atoms with Crippen LogP contribution < -0.4 is 9.47 Å². The maximum absolute atomic E-state index is 12.6. The monoisotopic (exact) mass is 331 g/mol. The van der Waals surface area contributed by atoms with E-state index < -0.39 is 0 Å². The lowest BCUT2D eigenvalue weighted by atomic mass is 10.0. The quantitative estimate of drug-likeness (QED) is 0.797. The molecule has 2 heterocycles. The van der Waals surface area contributed by atoms with Gasteiger partial charge in [-0.15, -0.1) is 5.10 Å². The van der Waals surface area contributed by atoms with Gasteiger partial charge in [0.25, 0.3) is 0 Å². The van der Waals surface area contributed by atoms with E-state index in [0.29, 0.717) is 13.0 Å². The molecule has 0 radical (unpaired) electrons. The summed E-state index contributed by atoms with van der Waals surface area (Å²) in [5.41, 5.74) is 1.02. The second-order valence-corrected chi connectivity index (χ2v) is 5.68. The molecule has 1 fully saturated rings. The third kappa shape index (κ3) is 3.32. The molecule has 1 aliphatic rings. The smallest absolute Gasteiger partial charge is 0.224 e. The number of methoxy groups -OCH3 is 2. The molecule has 8 nitrogen and oxygen atoms in total. The van der Waals surface area contributed by atoms with Crippen LogP contribution in [0.3, 0.4) is 0 Å². The lowest BCUT2D eigenvalue weighted by Crippen LogP contribution is -2.31. The highest BCUT2D eigenvalue weighted by atomic mass is 16.5. The molecule has 0 bridgehead atoms. The molecule has 0 unspecified atom stereocenters. The van der Waals surface area contributed by atoms with Gasteiger partial charge in [0.05, 0.1) is 26.8 Å². The summed E-state index contributed by atoms with van der Waals surface area (Å²) in [6, 6.07) is 5.78. The summed E-state index contributed by atoms with van der Waals surface area (Å²) in [7, 11) is 3.26. The fraction of sp³-hybridized carbons (Fsp3) is 0.500. The van der Waals surface area contributed by atoms with Crippen molar-refractivity contribution in [3.63, 3.8) is 0 Å². The van der Waals surface area contributed by atoms with Gasteiger partial charge in [-0.3, -0.25) is 4.79 Å². The fourth-order valence-electron chi connectivity index (χ4n) is 3.12. The van der Waals surface area contributed by atoms with Crippen LogP contribution in [0.5, 0.6) is 11.5 Å². The molecular formula is C16H21N5O3. The van der Waals surface area contributed by atoms with E-state index >= 15 is 0 Å². The van der Waals surface area contributed by atoms with Crippen LogP contribution >= 0.6 is 0 Å². The average Bonchev–Trinajstić information content (AvgIpc) is 3.30. The zero-order chi connectivity index (χ0) is 16.9. The van der Waals surface area contributed by atoms with E-state index in [1.54, 1.807) is 18.9 Å². The number of benzene rings is 1. The van der Waals surface area contributed by atoms with Crippen LogP contribution in [0.2, 0.25) is 0 Å². The maximum Gasteiger partial charge on any atom is 0.224 e. The topological polar surface area (TPSA) is 82.4 Å². The van der Waals surface area contributed by atoms with Crippen molar-refractivity contribution in [3.8, 4) is 11.5 Å². The average molecular weight is 331 g/mol. The maximum atomic E-state index is 12.6. The minimum Gasteiger partial charge on any atom is -0.497 e. The molecule has 0 aliphatic carbocycles. The Labute approximate surface area is 140 Å². The number of aromatic nitrogens is 4. The second kappa shape index (κ2) is 7.29. The van der Waals surface area contributed by atoms with Gasteiger partial charge in [-0.25, -0.2) is 4.68 Å². The van der Waals surface area contributed by atoms with Crippen LogP contribution in [0.15, 0.2) is 24.5 Å². The van der Waals surface area contributed by atoms with Crippen molar-refractivity contribution in [2.24, 2.45) is 0 Å². The van der Waals surface area contributed by atoms with E-state index in [9.17, 15) is 4.79 Å². The number of carbonyl (C=O) groups excluding carboxylic acids is 1. The summed E-state index contributed by atoms with van der Waals surface area (Å²) in [5.74, 6) is 1.59. The molecule has 24 heavy (non-hydrogen) atoms. The van der Waals surface area contributed by atoms with Crippen molar-refractivity contribution < 1.29 is 14.3 Å². The standard InChI is InChI=1S/C16H21N5O3/c1-23-12-5-6-13(15(10-12)24-2)14-4-3-8-21(14)16(22)7-9-20-11-17-18-19-20/h5-6,10-11,14H,3-4,7-9H2,1-2H3/t14-/m1/s1. The number of amides is 1. The molecule has 0 spiro atoms. The first kappa shape index (κ1) is 16.2. The van der Waals surface area contributed by atoms with Gasteiger partial charge < -0.3 is 14.4 Å². The van der Waals surface area contributed by atoms with Crippen molar-refractivity contribution in [1.29, 1.82) is 0 Å². The number of hydrogen-bond acceptors (Lipinski definition) is 6. The van der Waals surface area contributed by atoms with Crippen LogP contribution in [0, 0.1) is 0 Å². The normalized spacial score (nSPS) is 17.1. The Hall–Kier alpha value is -2.64. The van der Waals surface area contributed by atoms with E-state index in [0.717, 1.165) is 36.4 Å². The zero-order valence-corrected chi connectivity index (χ0v) is 13.9. The third-order valence-corrected chi connectivity index (χ3v) is 4.32. The predicted molar refractivity (Wildman–Crippen MR) is 85.7 cm³/mol.